The lowest BCUT2D eigenvalue weighted by Crippen LogP contribution is -2.24. The Morgan fingerprint density at radius 2 is 2.00 bits per heavy atom. The number of ether oxygens (including phenoxy) is 1. The molecule has 0 aliphatic carbocycles. The second-order valence-corrected chi connectivity index (χ2v) is 5.27. The highest BCUT2D eigenvalue weighted by Gasteiger charge is 2.16. The molecule has 0 saturated heterocycles. The summed E-state index contributed by atoms with van der Waals surface area (Å²) in [7, 11) is 1.77. The van der Waals surface area contributed by atoms with Crippen LogP contribution in [0.5, 0.6) is 0 Å². The van der Waals surface area contributed by atoms with Crippen LogP contribution in [0.2, 0.25) is 0 Å². The first-order valence-corrected chi connectivity index (χ1v) is 6.88. The van der Waals surface area contributed by atoms with E-state index in [0.717, 1.165) is 19.6 Å². The van der Waals surface area contributed by atoms with E-state index in [1.54, 1.807) is 7.11 Å². The van der Waals surface area contributed by atoms with Gasteiger partial charge in [0.2, 0.25) is 0 Å². The maximum absolute atomic E-state index is 5.24. The van der Waals surface area contributed by atoms with Crippen molar-refractivity contribution >= 4 is 0 Å². The Morgan fingerprint density at radius 1 is 1.28 bits per heavy atom. The summed E-state index contributed by atoms with van der Waals surface area (Å²) < 4.78 is 5.24. The Morgan fingerprint density at radius 3 is 2.61 bits per heavy atom. The highest BCUT2D eigenvalue weighted by molar-refractivity contribution is 5.33. The van der Waals surface area contributed by atoms with E-state index in [0.29, 0.717) is 12.0 Å². The van der Waals surface area contributed by atoms with E-state index < -0.39 is 0 Å². The smallest absolute Gasteiger partial charge is 0.0488 e. The molecule has 1 aromatic rings. The number of hydrogen-bond donors (Lipinski definition) is 1. The summed E-state index contributed by atoms with van der Waals surface area (Å²) in [5.74, 6) is 0.568. The van der Waals surface area contributed by atoms with Gasteiger partial charge in [-0.05, 0) is 43.9 Å². The lowest BCUT2D eigenvalue weighted by molar-refractivity contribution is 0.149. The van der Waals surface area contributed by atoms with Crippen molar-refractivity contribution in [3.63, 3.8) is 0 Å². The van der Waals surface area contributed by atoms with Gasteiger partial charge >= 0.3 is 0 Å². The molecular weight excluding hydrogens is 222 g/mol. The van der Waals surface area contributed by atoms with Gasteiger partial charge in [-0.15, -0.1) is 0 Å². The molecule has 0 saturated carbocycles. The zero-order valence-corrected chi connectivity index (χ0v) is 12.4. The molecule has 2 unspecified atom stereocenters. The molecule has 0 aliphatic rings. The summed E-state index contributed by atoms with van der Waals surface area (Å²) in [4.78, 5) is 0. The average molecular weight is 249 g/mol. The maximum Gasteiger partial charge on any atom is 0.0488 e. The molecule has 1 aromatic carbocycles. The molecule has 0 spiro atoms. The van der Waals surface area contributed by atoms with Crippen LogP contribution in [0, 0.1) is 19.8 Å². The maximum atomic E-state index is 5.24. The number of aryl methyl sites for hydroxylation is 2. The van der Waals surface area contributed by atoms with Crippen LogP contribution >= 0.6 is 0 Å². The molecule has 0 heterocycles. The van der Waals surface area contributed by atoms with Gasteiger partial charge < -0.3 is 10.1 Å². The van der Waals surface area contributed by atoms with Gasteiger partial charge in [-0.1, -0.05) is 37.6 Å². The van der Waals surface area contributed by atoms with Crippen LogP contribution in [0.15, 0.2) is 18.2 Å². The van der Waals surface area contributed by atoms with Gasteiger partial charge in [0, 0.05) is 19.8 Å². The fraction of sp³-hybridized carbons (Fsp3) is 0.625. The molecule has 2 atom stereocenters. The van der Waals surface area contributed by atoms with E-state index in [2.05, 4.69) is 51.2 Å². The van der Waals surface area contributed by atoms with Gasteiger partial charge in [-0.3, -0.25) is 0 Å². The Labute approximate surface area is 112 Å². The topological polar surface area (TPSA) is 21.3 Å². The van der Waals surface area contributed by atoms with Crippen molar-refractivity contribution in [3.05, 3.63) is 34.9 Å². The number of nitrogens with one attached hydrogen (secondary N) is 1. The molecule has 18 heavy (non-hydrogen) atoms. The predicted octanol–water partition coefficient (Wildman–Crippen LogP) is 3.63. The Bertz CT molecular complexity index is 362. The Hall–Kier alpha value is -0.860. The number of rotatable bonds is 7. The van der Waals surface area contributed by atoms with Crippen molar-refractivity contribution in [2.45, 2.75) is 40.2 Å². The third-order valence-corrected chi connectivity index (χ3v) is 3.35. The summed E-state index contributed by atoms with van der Waals surface area (Å²) >= 11 is 0. The SMILES string of the molecule is CCNC(CC(C)COC)c1cc(C)ccc1C. The fourth-order valence-corrected chi connectivity index (χ4v) is 2.46. The fourth-order valence-electron chi connectivity index (χ4n) is 2.46. The summed E-state index contributed by atoms with van der Waals surface area (Å²) in [6, 6.07) is 7.14. The minimum absolute atomic E-state index is 0.431. The quantitative estimate of drug-likeness (QED) is 0.797. The Kier molecular flexibility index (Phi) is 6.37. The summed E-state index contributed by atoms with van der Waals surface area (Å²) in [5, 5.41) is 3.60. The normalized spacial score (nSPS) is 14.5. The van der Waals surface area contributed by atoms with Gasteiger partial charge in [-0.25, -0.2) is 0 Å². The standard InChI is InChI=1S/C16H27NO/c1-6-17-16(10-13(3)11-18-5)15-9-12(2)7-8-14(15)4/h7-9,13,16-17H,6,10-11H2,1-5H3. The van der Waals surface area contributed by atoms with Gasteiger partial charge in [0.05, 0.1) is 0 Å². The van der Waals surface area contributed by atoms with Crippen LogP contribution in [0.3, 0.4) is 0 Å². The first kappa shape index (κ1) is 15.2. The molecule has 1 rings (SSSR count). The van der Waals surface area contributed by atoms with Gasteiger partial charge in [-0.2, -0.15) is 0 Å². The number of benzene rings is 1. The summed E-state index contributed by atoms with van der Waals surface area (Å²) in [5.41, 5.74) is 4.13. The second-order valence-electron chi connectivity index (χ2n) is 5.27. The highest BCUT2D eigenvalue weighted by atomic mass is 16.5. The average Bonchev–Trinajstić information content (AvgIpc) is 2.32. The van der Waals surface area contributed by atoms with Crippen molar-refractivity contribution < 1.29 is 4.74 Å². The minimum atomic E-state index is 0.431. The van der Waals surface area contributed by atoms with Crippen molar-refractivity contribution in [3.8, 4) is 0 Å². The molecule has 0 fully saturated rings. The monoisotopic (exact) mass is 249 g/mol. The molecule has 0 bridgehead atoms. The first-order valence-electron chi connectivity index (χ1n) is 6.88. The van der Waals surface area contributed by atoms with E-state index in [9.17, 15) is 0 Å². The number of methoxy groups -OCH3 is 1. The Balaban J connectivity index is 2.85. The second kappa shape index (κ2) is 7.55. The van der Waals surface area contributed by atoms with Gasteiger partial charge in [0.1, 0.15) is 0 Å². The molecule has 2 heteroatoms. The summed E-state index contributed by atoms with van der Waals surface area (Å²) in [6.07, 6.45) is 1.12. The van der Waals surface area contributed by atoms with Crippen LogP contribution in [0.4, 0.5) is 0 Å². The molecule has 1 N–H and O–H groups in total. The third kappa shape index (κ3) is 4.43. The van der Waals surface area contributed by atoms with E-state index in [4.69, 9.17) is 4.74 Å². The van der Waals surface area contributed by atoms with Crippen molar-refractivity contribution in [2.75, 3.05) is 20.3 Å². The zero-order valence-electron chi connectivity index (χ0n) is 12.4. The zero-order chi connectivity index (χ0) is 13.5. The minimum Gasteiger partial charge on any atom is -0.384 e. The van der Waals surface area contributed by atoms with E-state index in [1.807, 2.05) is 0 Å². The van der Waals surface area contributed by atoms with Crippen LogP contribution in [0.25, 0.3) is 0 Å². The summed E-state index contributed by atoms with van der Waals surface area (Å²) in [6.45, 7) is 10.6. The molecule has 0 aliphatic heterocycles. The van der Waals surface area contributed by atoms with Crippen molar-refractivity contribution in [1.82, 2.24) is 5.32 Å². The van der Waals surface area contributed by atoms with E-state index >= 15 is 0 Å². The van der Waals surface area contributed by atoms with Crippen LogP contribution in [-0.2, 0) is 4.74 Å². The molecule has 0 radical (unpaired) electrons. The molecule has 102 valence electrons. The third-order valence-electron chi connectivity index (χ3n) is 3.35. The van der Waals surface area contributed by atoms with E-state index in [1.165, 1.54) is 16.7 Å². The van der Waals surface area contributed by atoms with Crippen molar-refractivity contribution in [2.24, 2.45) is 5.92 Å². The predicted molar refractivity (Wildman–Crippen MR) is 78.0 cm³/mol. The highest BCUT2D eigenvalue weighted by Crippen LogP contribution is 2.25. The van der Waals surface area contributed by atoms with Crippen LogP contribution in [-0.4, -0.2) is 20.3 Å². The number of hydrogen-bond acceptors (Lipinski definition) is 2. The van der Waals surface area contributed by atoms with Gasteiger partial charge in [0.25, 0.3) is 0 Å². The molecular formula is C16H27NO. The molecule has 0 amide bonds. The van der Waals surface area contributed by atoms with E-state index in [-0.39, 0.29) is 0 Å². The lowest BCUT2D eigenvalue weighted by atomic mass is 9.92. The van der Waals surface area contributed by atoms with Crippen LogP contribution < -0.4 is 5.32 Å². The molecule has 2 nitrogen and oxygen atoms in total. The largest absolute Gasteiger partial charge is 0.384 e. The first-order chi connectivity index (χ1) is 8.58. The van der Waals surface area contributed by atoms with Gasteiger partial charge in [0.15, 0.2) is 0 Å². The lowest BCUT2D eigenvalue weighted by Gasteiger charge is -2.24. The van der Waals surface area contributed by atoms with Crippen LogP contribution in [0.1, 0.15) is 43.0 Å². The molecule has 0 aromatic heterocycles. The van der Waals surface area contributed by atoms with Crippen molar-refractivity contribution in [1.29, 1.82) is 0 Å².